The molecule has 6 aromatic rings. The molecule has 0 saturated heterocycles. The maximum atomic E-state index is 13.3. The maximum absolute atomic E-state index is 13.3. The highest BCUT2D eigenvalue weighted by Crippen LogP contribution is 2.35. The molecule has 0 N–H and O–H groups in total. The Hall–Kier alpha value is -3.01. The van der Waals surface area contributed by atoms with Gasteiger partial charge < -0.3 is 0 Å². The molecule has 6 nitrogen and oxygen atoms in total. The molecule has 0 bridgehead atoms. The van der Waals surface area contributed by atoms with Gasteiger partial charge >= 0.3 is 0 Å². The van der Waals surface area contributed by atoms with Gasteiger partial charge in [-0.1, -0.05) is 0 Å². The van der Waals surface area contributed by atoms with E-state index in [0.717, 1.165) is 29.6 Å². The van der Waals surface area contributed by atoms with Crippen LogP contribution in [0.2, 0.25) is 0 Å². The van der Waals surface area contributed by atoms with Crippen LogP contribution in [0.5, 0.6) is 0 Å². The summed E-state index contributed by atoms with van der Waals surface area (Å²) in [6.07, 6.45) is 6.86. The third-order valence-electron chi connectivity index (χ3n) is 4.73. The Labute approximate surface area is 172 Å². The van der Waals surface area contributed by atoms with Crippen LogP contribution in [0.1, 0.15) is 0 Å². The Morgan fingerprint density at radius 1 is 0.621 bits per heavy atom. The molecule has 9 heteroatoms. The van der Waals surface area contributed by atoms with Crippen molar-refractivity contribution in [3.05, 3.63) is 61.2 Å². The minimum absolute atomic E-state index is 0.0157. The molecule has 0 spiro atoms. The standard InChI is InChI=1S/C20H10N4O2S3/c25-29(26,17-3-1-15-19(23-17)11-9-21-7-5-13(11)27-15)18-4-2-16-20(24-18)12-10-22-8-6-14(12)28-16/h1-10H. The summed E-state index contributed by atoms with van der Waals surface area (Å²) < 4.78 is 30.5. The Morgan fingerprint density at radius 3 is 1.59 bits per heavy atom. The van der Waals surface area contributed by atoms with Crippen molar-refractivity contribution >= 4 is 73.1 Å². The summed E-state index contributed by atoms with van der Waals surface area (Å²) in [5.41, 5.74) is 1.29. The minimum atomic E-state index is -3.87. The van der Waals surface area contributed by atoms with E-state index < -0.39 is 9.84 Å². The smallest absolute Gasteiger partial charge is 0.241 e. The molecule has 0 aliphatic carbocycles. The highest BCUT2D eigenvalue weighted by molar-refractivity contribution is 7.91. The zero-order valence-corrected chi connectivity index (χ0v) is 17.1. The number of aromatic nitrogens is 4. The van der Waals surface area contributed by atoms with E-state index in [-0.39, 0.29) is 10.1 Å². The molecule has 0 atom stereocenters. The summed E-state index contributed by atoms with van der Waals surface area (Å²) in [6.45, 7) is 0. The van der Waals surface area contributed by atoms with Crippen LogP contribution in [0.25, 0.3) is 40.6 Å². The van der Waals surface area contributed by atoms with E-state index in [1.807, 2.05) is 12.1 Å². The molecule has 6 rings (SSSR count). The Kier molecular flexibility index (Phi) is 3.49. The Bertz CT molecular complexity index is 1570. The number of hydrogen-bond acceptors (Lipinski definition) is 8. The van der Waals surface area contributed by atoms with Crippen molar-refractivity contribution < 1.29 is 8.42 Å². The lowest BCUT2D eigenvalue weighted by molar-refractivity contribution is 0.589. The number of sulfone groups is 1. The Balaban J connectivity index is 1.57. The lowest BCUT2D eigenvalue weighted by atomic mass is 10.3. The second-order valence-corrected chi connectivity index (χ2v) is 10.5. The molecule has 0 radical (unpaired) electrons. The third kappa shape index (κ3) is 2.48. The first kappa shape index (κ1) is 16.9. The molecule has 0 fully saturated rings. The van der Waals surface area contributed by atoms with E-state index >= 15 is 0 Å². The summed E-state index contributed by atoms with van der Waals surface area (Å²) in [5, 5.41) is 1.67. The van der Waals surface area contributed by atoms with Crippen LogP contribution < -0.4 is 0 Å². The van der Waals surface area contributed by atoms with Crippen LogP contribution >= 0.6 is 22.7 Å². The molecular formula is C20H10N4O2S3. The molecule has 0 aromatic carbocycles. The van der Waals surface area contributed by atoms with Gasteiger partial charge in [0.15, 0.2) is 10.1 Å². The monoisotopic (exact) mass is 434 g/mol. The molecule has 6 aromatic heterocycles. The van der Waals surface area contributed by atoms with E-state index in [9.17, 15) is 8.42 Å². The van der Waals surface area contributed by atoms with E-state index in [1.165, 1.54) is 0 Å². The van der Waals surface area contributed by atoms with Gasteiger partial charge in [-0.3, -0.25) is 9.97 Å². The summed E-state index contributed by atoms with van der Waals surface area (Å²) in [6, 6.07) is 10.5. The van der Waals surface area contributed by atoms with Crippen LogP contribution in [0.15, 0.2) is 71.2 Å². The predicted molar refractivity (Wildman–Crippen MR) is 115 cm³/mol. The topological polar surface area (TPSA) is 85.7 Å². The highest BCUT2D eigenvalue weighted by atomic mass is 32.2. The maximum Gasteiger partial charge on any atom is 0.241 e. The van der Waals surface area contributed by atoms with Crippen molar-refractivity contribution in [3.63, 3.8) is 0 Å². The molecular weight excluding hydrogens is 424 g/mol. The quantitative estimate of drug-likeness (QED) is 0.388. The predicted octanol–water partition coefficient (Wildman–Crippen LogP) is 4.84. The fourth-order valence-electron chi connectivity index (χ4n) is 3.35. The van der Waals surface area contributed by atoms with Gasteiger partial charge in [0, 0.05) is 45.0 Å². The fourth-order valence-corrected chi connectivity index (χ4v) is 6.51. The van der Waals surface area contributed by atoms with Gasteiger partial charge in [0.2, 0.25) is 9.84 Å². The third-order valence-corrected chi connectivity index (χ3v) is 8.53. The minimum Gasteiger partial charge on any atom is -0.264 e. The lowest BCUT2D eigenvalue weighted by Gasteiger charge is -2.04. The second kappa shape index (κ2) is 5.99. The zero-order chi connectivity index (χ0) is 19.6. The molecule has 29 heavy (non-hydrogen) atoms. The average molecular weight is 435 g/mol. The zero-order valence-electron chi connectivity index (χ0n) is 14.6. The van der Waals surface area contributed by atoms with E-state index in [2.05, 4.69) is 19.9 Å². The van der Waals surface area contributed by atoms with E-state index in [1.54, 1.807) is 71.7 Å². The van der Waals surface area contributed by atoms with Crippen LogP contribution in [0.3, 0.4) is 0 Å². The SMILES string of the molecule is O=S(=O)(c1ccc2sc3ccncc3c2n1)c1ccc2sc3ccncc3c2n1. The Morgan fingerprint density at radius 2 is 1.10 bits per heavy atom. The number of nitrogens with zero attached hydrogens (tertiary/aromatic N) is 4. The summed E-state index contributed by atoms with van der Waals surface area (Å²) in [7, 11) is -3.87. The van der Waals surface area contributed by atoms with Crippen molar-refractivity contribution in [1.29, 1.82) is 0 Å². The largest absolute Gasteiger partial charge is 0.264 e. The first-order chi connectivity index (χ1) is 14.1. The summed E-state index contributed by atoms with van der Waals surface area (Å²) in [5.74, 6) is 0. The number of rotatable bonds is 2. The van der Waals surface area contributed by atoms with E-state index in [0.29, 0.717) is 11.0 Å². The van der Waals surface area contributed by atoms with Crippen molar-refractivity contribution in [2.75, 3.05) is 0 Å². The van der Waals surface area contributed by atoms with E-state index in [4.69, 9.17) is 0 Å². The number of pyridine rings is 4. The molecule has 0 saturated carbocycles. The fraction of sp³-hybridized carbons (Fsp3) is 0. The van der Waals surface area contributed by atoms with Gasteiger partial charge in [0.05, 0.1) is 20.4 Å². The van der Waals surface area contributed by atoms with Gasteiger partial charge in [-0.25, -0.2) is 18.4 Å². The van der Waals surface area contributed by atoms with Crippen molar-refractivity contribution in [2.45, 2.75) is 10.1 Å². The first-order valence-electron chi connectivity index (χ1n) is 8.63. The van der Waals surface area contributed by atoms with Crippen molar-refractivity contribution in [3.8, 4) is 0 Å². The first-order valence-corrected chi connectivity index (χ1v) is 11.7. The highest BCUT2D eigenvalue weighted by Gasteiger charge is 2.23. The van der Waals surface area contributed by atoms with Crippen LogP contribution in [0, 0.1) is 0 Å². The van der Waals surface area contributed by atoms with Crippen LogP contribution in [-0.2, 0) is 9.84 Å². The number of thiophene rings is 2. The summed E-state index contributed by atoms with van der Waals surface area (Å²) >= 11 is 3.13. The average Bonchev–Trinajstić information content (AvgIpc) is 3.31. The van der Waals surface area contributed by atoms with Crippen molar-refractivity contribution in [1.82, 2.24) is 19.9 Å². The molecule has 0 unspecified atom stereocenters. The van der Waals surface area contributed by atoms with Gasteiger partial charge in [-0.05, 0) is 36.4 Å². The molecule has 0 aliphatic rings. The van der Waals surface area contributed by atoms with Gasteiger partial charge in [-0.15, -0.1) is 22.7 Å². The summed E-state index contributed by atoms with van der Waals surface area (Å²) in [4.78, 5) is 17.2. The van der Waals surface area contributed by atoms with Gasteiger partial charge in [0.1, 0.15) is 0 Å². The number of fused-ring (bicyclic) bond motifs is 6. The molecule has 6 heterocycles. The number of hydrogen-bond donors (Lipinski definition) is 0. The molecule has 0 aliphatic heterocycles. The second-order valence-electron chi connectivity index (χ2n) is 6.44. The van der Waals surface area contributed by atoms with Crippen LogP contribution in [0.4, 0.5) is 0 Å². The molecule has 140 valence electrons. The normalized spacial score (nSPS) is 12.4. The van der Waals surface area contributed by atoms with Gasteiger partial charge in [-0.2, -0.15) is 0 Å². The molecule has 0 amide bonds. The van der Waals surface area contributed by atoms with Gasteiger partial charge in [0.25, 0.3) is 0 Å². The van der Waals surface area contributed by atoms with Crippen LogP contribution in [-0.4, -0.2) is 28.4 Å². The lowest BCUT2D eigenvalue weighted by Crippen LogP contribution is -2.06. The van der Waals surface area contributed by atoms with Crippen molar-refractivity contribution in [2.24, 2.45) is 0 Å².